The van der Waals surface area contributed by atoms with Crippen molar-refractivity contribution in [3.63, 3.8) is 0 Å². The standard InChI is InChI=1S/C13H16N2O2S/c1-4-10-5-6-12(18-10)13(16)14-7-11-8(2)15-17-9(11)3/h5-6H,4,7H2,1-3H3,(H,14,16). The van der Waals surface area contributed by atoms with Gasteiger partial charge in [0.1, 0.15) is 5.76 Å². The molecule has 2 heterocycles. The second-order valence-electron chi connectivity index (χ2n) is 4.10. The summed E-state index contributed by atoms with van der Waals surface area (Å²) in [6, 6.07) is 3.86. The van der Waals surface area contributed by atoms with E-state index in [1.54, 1.807) is 0 Å². The van der Waals surface area contributed by atoms with Gasteiger partial charge in [0.2, 0.25) is 0 Å². The van der Waals surface area contributed by atoms with Gasteiger partial charge in [-0.3, -0.25) is 4.79 Å². The molecule has 0 aliphatic rings. The van der Waals surface area contributed by atoms with Crippen LogP contribution in [0.5, 0.6) is 0 Å². The third-order valence-electron chi connectivity index (χ3n) is 2.84. The third-order valence-corrected chi connectivity index (χ3v) is 4.07. The number of rotatable bonds is 4. The fourth-order valence-corrected chi connectivity index (χ4v) is 2.56. The first-order valence-electron chi connectivity index (χ1n) is 5.90. The highest BCUT2D eigenvalue weighted by molar-refractivity contribution is 7.14. The molecule has 1 N–H and O–H groups in total. The van der Waals surface area contributed by atoms with Crippen LogP contribution in [-0.2, 0) is 13.0 Å². The molecule has 0 atom stereocenters. The minimum Gasteiger partial charge on any atom is -0.361 e. The van der Waals surface area contributed by atoms with Gasteiger partial charge in [0.15, 0.2) is 0 Å². The van der Waals surface area contributed by atoms with Gasteiger partial charge in [-0.05, 0) is 32.4 Å². The summed E-state index contributed by atoms with van der Waals surface area (Å²) in [4.78, 5) is 13.9. The fourth-order valence-electron chi connectivity index (χ4n) is 1.70. The largest absolute Gasteiger partial charge is 0.361 e. The van der Waals surface area contributed by atoms with Crippen molar-refractivity contribution in [2.45, 2.75) is 33.7 Å². The molecule has 0 fully saturated rings. The highest BCUT2D eigenvalue weighted by Gasteiger charge is 2.12. The maximum absolute atomic E-state index is 11.9. The number of aryl methyl sites for hydroxylation is 3. The maximum Gasteiger partial charge on any atom is 0.261 e. The van der Waals surface area contributed by atoms with Gasteiger partial charge < -0.3 is 9.84 Å². The number of carbonyl (C=O) groups is 1. The van der Waals surface area contributed by atoms with E-state index in [0.29, 0.717) is 6.54 Å². The molecule has 18 heavy (non-hydrogen) atoms. The lowest BCUT2D eigenvalue weighted by molar-refractivity contribution is 0.0955. The smallest absolute Gasteiger partial charge is 0.261 e. The predicted molar refractivity (Wildman–Crippen MR) is 70.8 cm³/mol. The summed E-state index contributed by atoms with van der Waals surface area (Å²) in [5, 5.41) is 6.75. The van der Waals surface area contributed by atoms with Gasteiger partial charge >= 0.3 is 0 Å². The molecular weight excluding hydrogens is 248 g/mol. The molecule has 0 saturated heterocycles. The van der Waals surface area contributed by atoms with Crippen molar-refractivity contribution in [1.29, 1.82) is 0 Å². The first-order chi connectivity index (χ1) is 8.61. The van der Waals surface area contributed by atoms with Crippen LogP contribution in [0.2, 0.25) is 0 Å². The van der Waals surface area contributed by atoms with E-state index < -0.39 is 0 Å². The quantitative estimate of drug-likeness (QED) is 0.923. The van der Waals surface area contributed by atoms with Crippen LogP contribution in [0.25, 0.3) is 0 Å². The lowest BCUT2D eigenvalue weighted by atomic mass is 10.2. The molecule has 96 valence electrons. The van der Waals surface area contributed by atoms with Crippen LogP contribution in [-0.4, -0.2) is 11.1 Å². The molecule has 0 spiro atoms. The summed E-state index contributed by atoms with van der Waals surface area (Å²) in [6.07, 6.45) is 0.960. The van der Waals surface area contributed by atoms with Gasteiger partial charge in [-0.25, -0.2) is 0 Å². The Kier molecular flexibility index (Phi) is 3.81. The Morgan fingerprint density at radius 1 is 1.44 bits per heavy atom. The summed E-state index contributed by atoms with van der Waals surface area (Å²) in [7, 11) is 0. The number of nitrogens with zero attached hydrogens (tertiary/aromatic N) is 1. The van der Waals surface area contributed by atoms with Crippen LogP contribution in [0.3, 0.4) is 0 Å². The second kappa shape index (κ2) is 5.35. The first kappa shape index (κ1) is 12.8. The third kappa shape index (κ3) is 2.61. The molecule has 0 bridgehead atoms. The summed E-state index contributed by atoms with van der Waals surface area (Å²) in [5.41, 5.74) is 1.78. The number of thiophene rings is 1. The van der Waals surface area contributed by atoms with Crippen LogP contribution in [0, 0.1) is 13.8 Å². The molecule has 0 aromatic carbocycles. The number of hydrogen-bond donors (Lipinski definition) is 1. The van der Waals surface area contributed by atoms with Crippen molar-refractivity contribution < 1.29 is 9.32 Å². The van der Waals surface area contributed by atoms with E-state index in [-0.39, 0.29) is 5.91 Å². The predicted octanol–water partition coefficient (Wildman–Crippen LogP) is 2.85. The summed E-state index contributed by atoms with van der Waals surface area (Å²) in [5.74, 6) is 0.716. The molecule has 2 aromatic rings. The molecular formula is C13H16N2O2S. The zero-order valence-corrected chi connectivity index (χ0v) is 11.6. The Bertz CT molecular complexity index is 538. The fraction of sp³-hybridized carbons (Fsp3) is 0.385. The van der Waals surface area contributed by atoms with Crippen LogP contribution < -0.4 is 5.32 Å². The Morgan fingerprint density at radius 2 is 2.22 bits per heavy atom. The lowest BCUT2D eigenvalue weighted by Crippen LogP contribution is -2.22. The number of hydrogen-bond acceptors (Lipinski definition) is 4. The zero-order chi connectivity index (χ0) is 13.1. The number of amides is 1. The molecule has 1 amide bonds. The molecule has 2 rings (SSSR count). The van der Waals surface area contributed by atoms with Gasteiger partial charge in [-0.1, -0.05) is 12.1 Å². The van der Waals surface area contributed by atoms with E-state index in [4.69, 9.17) is 4.52 Å². The Hall–Kier alpha value is -1.62. The molecule has 0 saturated carbocycles. The van der Waals surface area contributed by atoms with Crippen LogP contribution in [0.4, 0.5) is 0 Å². The molecule has 0 unspecified atom stereocenters. The van der Waals surface area contributed by atoms with Crippen LogP contribution in [0.15, 0.2) is 16.7 Å². The van der Waals surface area contributed by atoms with Gasteiger partial charge in [0.25, 0.3) is 5.91 Å². The van der Waals surface area contributed by atoms with E-state index in [2.05, 4.69) is 17.4 Å². The summed E-state index contributed by atoms with van der Waals surface area (Å²) < 4.78 is 5.06. The van der Waals surface area contributed by atoms with E-state index >= 15 is 0 Å². The Balaban J connectivity index is 2.00. The van der Waals surface area contributed by atoms with Crippen LogP contribution >= 0.6 is 11.3 Å². The monoisotopic (exact) mass is 264 g/mol. The first-order valence-corrected chi connectivity index (χ1v) is 6.72. The van der Waals surface area contributed by atoms with Crippen molar-refractivity contribution >= 4 is 17.2 Å². The molecule has 2 aromatic heterocycles. The number of nitrogens with one attached hydrogen (secondary N) is 1. The lowest BCUT2D eigenvalue weighted by Gasteiger charge is -2.02. The van der Waals surface area contributed by atoms with E-state index in [9.17, 15) is 4.79 Å². The van der Waals surface area contributed by atoms with Crippen molar-refractivity contribution in [2.24, 2.45) is 0 Å². The molecule has 4 nitrogen and oxygen atoms in total. The van der Waals surface area contributed by atoms with Crippen molar-refractivity contribution in [3.8, 4) is 0 Å². The Labute approximate surface area is 110 Å². The van der Waals surface area contributed by atoms with Gasteiger partial charge in [0.05, 0.1) is 10.6 Å². The second-order valence-corrected chi connectivity index (χ2v) is 5.27. The van der Waals surface area contributed by atoms with Gasteiger partial charge in [-0.15, -0.1) is 11.3 Å². The maximum atomic E-state index is 11.9. The van der Waals surface area contributed by atoms with Crippen LogP contribution in [0.1, 0.15) is 38.5 Å². The average molecular weight is 264 g/mol. The minimum absolute atomic E-state index is 0.0419. The minimum atomic E-state index is -0.0419. The highest BCUT2D eigenvalue weighted by atomic mass is 32.1. The van der Waals surface area contributed by atoms with Crippen molar-refractivity contribution in [2.75, 3.05) is 0 Å². The molecule has 5 heteroatoms. The van der Waals surface area contributed by atoms with Crippen molar-refractivity contribution in [3.05, 3.63) is 38.9 Å². The molecule has 0 aliphatic carbocycles. The topological polar surface area (TPSA) is 55.1 Å². The number of aromatic nitrogens is 1. The summed E-state index contributed by atoms with van der Waals surface area (Å²) in [6.45, 7) is 6.26. The number of carbonyl (C=O) groups excluding carboxylic acids is 1. The van der Waals surface area contributed by atoms with Gasteiger partial charge in [-0.2, -0.15) is 0 Å². The average Bonchev–Trinajstić information content (AvgIpc) is 2.95. The SMILES string of the molecule is CCc1ccc(C(=O)NCc2c(C)noc2C)s1. The normalized spacial score (nSPS) is 10.6. The zero-order valence-electron chi connectivity index (χ0n) is 10.7. The molecule has 0 radical (unpaired) electrons. The molecule has 0 aliphatic heterocycles. The van der Waals surface area contributed by atoms with E-state index in [1.807, 2.05) is 26.0 Å². The van der Waals surface area contributed by atoms with E-state index in [0.717, 1.165) is 28.3 Å². The van der Waals surface area contributed by atoms with E-state index in [1.165, 1.54) is 16.2 Å². The Morgan fingerprint density at radius 3 is 2.78 bits per heavy atom. The van der Waals surface area contributed by atoms with Gasteiger partial charge in [0, 0.05) is 17.0 Å². The summed E-state index contributed by atoms with van der Waals surface area (Å²) >= 11 is 1.54. The van der Waals surface area contributed by atoms with Crippen molar-refractivity contribution in [1.82, 2.24) is 10.5 Å². The highest BCUT2D eigenvalue weighted by Crippen LogP contribution is 2.17.